The Kier molecular flexibility index (Phi) is 2.86. The quantitative estimate of drug-likeness (QED) is 0.572. The fourth-order valence-corrected chi connectivity index (χ4v) is 1.45. The number of nitrogens with zero attached hydrogens (tertiary/aromatic N) is 4. The van der Waals surface area contributed by atoms with Gasteiger partial charge in [0.2, 0.25) is 0 Å². The lowest BCUT2D eigenvalue weighted by molar-refractivity contribution is 0.0888. The summed E-state index contributed by atoms with van der Waals surface area (Å²) in [6.07, 6.45) is 3.13. The van der Waals surface area contributed by atoms with E-state index in [9.17, 15) is 9.59 Å². The van der Waals surface area contributed by atoms with Crippen molar-refractivity contribution < 1.29 is 9.59 Å². The zero-order valence-electron chi connectivity index (χ0n) is 9.62. The molecule has 0 N–H and O–H groups in total. The summed E-state index contributed by atoms with van der Waals surface area (Å²) >= 11 is 0. The number of rotatable bonds is 4. The van der Waals surface area contributed by atoms with E-state index in [4.69, 9.17) is 0 Å². The summed E-state index contributed by atoms with van der Waals surface area (Å²) in [5.41, 5.74) is 0.605. The molecule has 0 bridgehead atoms. The van der Waals surface area contributed by atoms with Crippen molar-refractivity contribution in [2.75, 3.05) is 0 Å². The standard InChI is InChI=1S/C11H12N4O2/c1-14-5-3-8(12-14)10(16)7-11(17)9-4-6-15(2)13-9/h3-6H,7H2,1-2H3. The molecule has 0 unspecified atom stereocenters. The van der Waals surface area contributed by atoms with E-state index in [1.54, 1.807) is 38.6 Å². The van der Waals surface area contributed by atoms with Gasteiger partial charge in [0.05, 0.1) is 6.42 Å². The molecular weight excluding hydrogens is 220 g/mol. The molecule has 0 aliphatic carbocycles. The third-order valence-corrected chi connectivity index (χ3v) is 2.32. The van der Waals surface area contributed by atoms with Gasteiger partial charge in [0.1, 0.15) is 11.4 Å². The highest BCUT2D eigenvalue weighted by Crippen LogP contribution is 2.05. The van der Waals surface area contributed by atoms with E-state index in [0.29, 0.717) is 11.4 Å². The maximum absolute atomic E-state index is 11.7. The highest BCUT2D eigenvalue weighted by Gasteiger charge is 2.17. The summed E-state index contributed by atoms with van der Waals surface area (Å²) < 4.78 is 3.05. The van der Waals surface area contributed by atoms with Gasteiger partial charge in [-0.3, -0.25) is 19.0 Å². The second-order valence-electron chi connectivity index (χ2n) is 3.77. The summed E-state index contributed by atoms with van der Waals surface area (Å²) in [4.78, 5) is 23.4. The summed E-state index contributed by atoms with van der Waals surface area (Å²) in [6.45, 7) is 0. The molecule has 0 aliphatic heterocycles. The minimum absolute atomic E-state index is 0.200. The Hall–Kier alpha value is -2.24. The zero-order valence-corrected chi connectivity index (χ0v) is 9.62. The lowest BCUT2D eigenvalue weighted by Crippen LogP contribution is -2.10. The molecule has 0 saturated heterocycles. The molecule has 0 aromatic carbocycles. The van der Waals surface area contributed by atoms with Crippen molar-refractivity contribution in [3.05, 3.63) is 35.9 Å². The van der Waals surface area contributed by atoms with E-state index < -0.39 is 0 Å². The molecule has 88 valence electrons. The average Bonchev–Trinajstić information content (AvgIpc) is 2.87. The summed E-state index contributed by atoms with van der Waals surface area (Å²) in [5.74, 6) is -0.581. The van der Waals surface area contributed by atoms with Gasteiger partial charge in [0.15, 0.2) is 11.6 Å². The number of carbonyl (C=O) groups is 2. The molecule has 0 fully saturated rings. The molecule has 17 heavy (non-hydrogen) atoms. The van der Waals surface area contributed by atoms with E-state index in [1.165, 1.54) is 9.36 Å². The van der Waals surface area contributed by atoms with E-state index >= 15 is 0 Å². The fraction of sp³-hybridized carbons (Fsp3) is 0.273. The third kappa shape index (κ3) is 2.47. The van der Waals surface area contributed by atoms with Crippen LogP contribution < -0.4 is 0 Å². The largest absolute Gasteiger partial charge is 0.292 e. The predicted molar refractivity (Wildman–Crippen MR) is 59.7 cm³/mol. The van der Waals surface area contributed by atoms with Crippen molar-refractivity contribution in [3.8, 4) is 0 Å². The molecule has 2 aromatic heterocycles. The first-order valence-corrected chi connectivity index (χ1v) is 5.12. The van der Waals surface area contributed by atoms with Crippen LogP contribution in [0.1, 0.15) is 27.4 Å². The SMILES string of the molecule is Cn1ccc(C(=O)CC(=O)c2ccn(C)n2)n1. The molecule has 0 atom stereocenters. The van der Waals surface area contributed by atoms with Crippen LogP contribution in [0.4, 0.5) is 0 Å². The maximum atomic E-state index is 11.7. The smallest absolute Gasteiger partial charge is 0.190 e. The number of carbonyl (C=O) groups excluding carboxylic acids is 2. The fourth-order valence-electron chi connectivity index (χ4n) is 1.45. The van der Waals surface area contributed by atoms with Crippen molar-refractivity contribution in [3.63, 3.8) is 0 Å². The summed E-state index contributed by atoms with van der Waals surface area (Å²) in [7, 11) is 3.44. The van der Waals surface area contributed by atoms with E-state index in [0.717, 1.165) is 0 Å². The average molecular weight is 232 g/mol. The van der Waals surface area contributed by atoms with Gasteiger partial charge in [-0.15, -0.1) is 0 Å². The molecule has 2 heterocycles. The minimum atomic E-state index is -0.291. The van der Waals surface area contributed by atoms with Crippen LogP contribution in [0.3, 0.4) is 0 Å². The second-order valence-corrected chi connectivity index (χ2v) is 3.77. The Labute approximate surface area is 97.9 Å². The monoisotopic (exact) mass is 232 g/mol. The third-order valence-electron chi connectivity index (χ3n) is 2.32. The lowest BCUT2D eigenvalue weighted by Gasteiger charge is -1.95. The summed E-state index contributed by atoms with van der Waals surface area (Å²) in [5, 5.41) is 7.90. The second kappa shape index (κ2) is 4.32. The van der Waals surface area contributed by atoms with Crippen molar-refractivity contribution in [2.24, 2.45) is 14.1 Å². The number of aryl methyl sites for hydroxylation is 2. The first-order valence-electron chi connectivity index (χ1n) is 5.12. The van der Waals surface area contributed by atoms with Gasteiger partial charge in [0, 0.05) is 26.5 Å². The van der Waals surface area contributed by atoms with Crippen molar-refractivity contribution in [2.45, 2.75) is 6.42 Å². The van der Waals surface area contributed by atoms with Crippen molar-refractivity contribution in [1.29, 1.82) is 0 Å². The van der Waals surface area contributed by atoms with E-state index in [2.05, 4.69) is 10.2 Å². The topological polar surface area (TPSA) is 69.8 Å². The van der Waals surface area contributed by atoms with Crippen LogP contribution in [0.5, 0.6) is 0 Å². The molecule has 0 aliphatic rings. The summed E-state index contributed by atoms with van der Waals surface area (Å²) in [6, 6.07) is 3.18. The zero-order chi connectivity index (χ0) is 12.4. The molecular formula is C11H12N4O2. The van der Waals surface area contributed by atoms with E-state index in [-0.39, 0.29) is 18.0 Å². The van der Waals surface area contributed by atoms with Gasteiger partial charge in [-0.05, 0) is 12.1 Å². The molecule has 0 saturated carbocycles. The number of hydrogen-bond acceptors (Lipinski definition) is 4. The van der Waals surface area contributed by atoms with Gasteiger partial charge < -0.3 is 0 Å². The van der Waals surface area contributed by atoms with Gasteiger partial charge in [0.25, 0.3) is 0 Å². The predicted octanol–water partition coefficient (Wildman–Crippen LogP) is 0.609. The van der Waals surface area contributed by atoms with Gasteiger partial charge >= 0.3 is 0 Å². The number of Topliss-reactive ketones (excluding diaryl/α,β-unsaturated/α-hetero) is 2. The van der Waals surface area contributed by atoms with Crippen LogP contribution >= 0.6 is 0 Å². The van der Waals surface area contributed by atoms with Crippen molar-refractivity contribution >= 4 is 11.6 Å². The first kappa shape index (κ1) is 11.3. The molecule has 2 aromatic rings. The van der Waals surface area contributed by atoms with Gasteiger partial charge in [-0.25, -0.2) is 0 Å². The highest BCUT2D eigenvalue weighted by molar-refractivity contribution is 6.12. The van der Waals surface area contributed by atoms with Crippen molar-refractivity contribution in [1.82, 2.24) is 19.6 Å². The van der Waals surface area contributed by atoms with Gasteiger partial charge in [-0.2, -0.15) is 10.2 Å². The lowest BCUT2D eigenvalue weighted by atomic mass is 10.1. The van der Waals surface area contributed by atoms with Crippen LogP contribution in [0.15, 0.2) is 24.5 Å². The molecule has 0 radical (unpaired) electrons. The first-order chi connectivity index (χ1) is 8.06. The minimum Gasteiger partial charge on any atom is -0.292 e. The van der Waals surface area contributed by atoms with E-state index in [1.807, 2.05) is 0 Å². The Bertz CT molecular complexity index is 517. The maximum Gasteiger partial charge on any atom is 0.190 e. The molecule has 6 heteroatoms. The Morgan fingerprint density at radius 2 is 1.41 bits per heavy atom. The van der Waals surface area contributed by atoms with Crippen LogP contribution in [0.25, 0.3) is 0 Å². The Morgan fingerprint density at radius 3 is 1.71 bits per heavy atom. The highest BCUT2D eigenvalue weighted by atomic mass is 16.1. The number of ketones is 2. The molecule has 2 rings (SSSR count). The Balaban J connectivity index is 2.07. The number of hydrogen-bond donors (Lipinski definition) is 0. The van der Waals surface area contributed by atoms with Crippen LogP contribution in [0, 0.1) is 0 Å². The van der Waals surface area contributed by atoms with Crippen LogP contribution in [-0.4, -0.2) is 31.1 Å². The Morgan fingerprint density at radius 1 is 1.00 bits per heavy atom. The number of aromatic nitrogens is 4. The normalized spacial score (nSPS) is 10.5. The molecule has 0 spiro atoms. The van der Waals surface area contributed by atoms with Crippen LogP contribution in [0.2, 0.25) is 0 Å². The molecule has 6 nitrogen and oxygen atoms in total. The molecule has 0 amide bonds. The van der Waals surface area contributed by atoms with Gasteiger partial charge in [-0.1, -0.05) is 0 Å². The van der Waals surface area contributed by atoms with Crippen LogP contribution in [-0.2, 0) is 14.1 Å².